The first-order valence-corrected chi connectivity index (χ1v) is 4.03. The van der Waals surface area contributed by atoms with E-state index in [2.05, 4.69) is 0 Å². The third-order valence-corrected chi connectivity index (χ3v) is 1.59. The third kappa shape index (κ3) is 3.45. The molecule has 0 aliphatic rings. The van der Waals surface area contributed by atoms with Crippen molar-refractivity contribution in [3.63, 3.8) is 0 Å². The first kappa shape index (κ1) is 10.5. The van der Waals surface area contributed by atoms with E-state index >= 15 is 0 Å². The lowest BCUT2D eigenvalue weighted by molar-refractivity contribution is -0.137. The summed E-state index contributed by atoms with van der Waals surface area (Å²) >= 11 is 0. The average molecular weight is 195 g/mol. The van der Waals surface area contributed by atoms with Crippen LogP contribution in [0.15, 0.2) is 24.3 Å². The normalized spacial score (nSPS) is 9.79. The van der Waals surface area contributed by atoms with Crippen molar-refractivity contribution in [2.75, 3.05) is 7.11 Å². The minimum absolute atomic E-state index is 0.246. The van der Waals surface area contributed by atoms with Crippen LogP contribution in [0, 0.1) is 6.61 Å². The number of carbonyl (C=O) groups is 1. The molecule has 75 valence electrons. The summed E-state index contributed by atoms with van der Waals surface area (Å²) in [6.07, 6.45) is 0. The molecule has 1 N–H and O–H groups in total. The van der Waals surface area contributed by atoms with Crippen molar-refractivity contribution in [2.45, 2.75) is 6.61 Å². The van der Waals surface area contributed by atoms with Crippen LogP contribution in [0.25, 0.3) is 0 Å². The van der Waals surface area contributed by atoms with Crippen molar-refractivity contribution in [3.05, 3.63) is 36.4 Å². The summed E-state index contributed by atoms with van der Waals surface area (Å²) in [4.78, 5) is 10.1. The largest absolute Gasteiger partial charge is 0.497 e. The maximum absolute atomic E-state index is 10.1. The van der Waals surface area contributed by atoms with Gasteiger partial charge in [-0.25, -0.2) is 4.79 Å². The molecule has 0 saturated carbocycles. The summed E-state index contributed by atoms with van der Waals surface area (Å²) in [5.41, 5.74) is 0.892. The molecule has 0 amide bonds. The standard InChI is InChI=1S/C10H11O4/c1-13-9-4-2-8(3-5-9)6-14-7-10(11)12/h2-5,7H,6H2,1H3,(H,11,12). The monoisotopic (exact) mass is 195 g/mol. The molecular formula is C10H11O4. The Bertz CT molecular complexity index is 291. The molecule has 4 heteroatoms. The lowest BCUT2D eigenvalue weighted by atomic mass is 10.2. The first-order chi connectivity index (χ1) is 6.72. The van der Waals surface area contributed by atoms with Crippen molar-refractivity contribution < 1.29 is 19.4 Å². The molecule has 1 radical (unpaired) electrons. The zero-order valence-corrected chi connectivity index (χ0v) is 7.77. The third-order valence-electron chi connectivity index (χ3n) is 1.59. The van der Waals surface area contributed by atoms with E-state index in [0.29, 0.717) is 0 Å². The smallest absolute Gasteiger partial charge is 0.336 e. The van der Waals surface area contributed by atoms with E-state index in [9.17, 15) is 4.79 Å². The van der Waals surface area contributed by atoms with E-state index in [0.717, 1.165) is 17.9 Å². The number of aliphatic carboxylic acids is 1. The second-order valence-corrected chi connectivity index (χ2v) is 2.62. The Morgan fingerprint density at radius 2 is 2.07 bits per heavy atom. The van der Waals surface area contributed by atoms with Crippen LogP contribution in [-0.2, 0) is 16.1 Å². The van der Waals surface area contributed by atoms with Crippen molar-refractivity contribution in [2.24, 2.45) is 0 Å². The van der Waals surface area contributed by atoms with Crippen LogP contribution in [0.5, 0.6) is 5.75 Å². The summed E-state index contributed by atoms with van der Waals surface area (Å²) < 4.78 is 9.76. The molecule has 0 aliphatic heterocycles. The Morgan fingerprint density at radius 3 is 2.57 bits per heavy atom. The number of benzene rings is 1. The Balaban J connectivity index is 2.40. The van der Waals surface area contributed by atoms with Gasteiger partial charge >= 0.3 is 5.97 Å². The Kier molecular flexibility index (Phi) is 3.94. The highest BCUT2D eigenvalue weighted by molar-refractivity contribution is 5.74. The molecule has 0 heterocycles. The Labute approximate surface area is 82.1 Å². The summed E-state index contributed by atoms with van der Waals surface area (Å²) in [5.74, 6) is -0.325. The SMILES string of the molecule is COc1ccc(CO[CH]C(=O)O)cc1. The minimum atomic E-state index is -1.08. The molecule has 0 unspecified atom stereocenters. The first-order valence-electron chi connectivity index (χ1n) is 4.03. The predicted octanol–water partition coefficient (Wildman–Crippen LogP) is 1.46. The molecule has 0 spiro atoms. The number of carboxylic acid groups (broad SMARTS) is 1. The van der Waals surface area contributed by atoms with E-state index in [1.165, 1.54) is 0 Å². The molecule has 0 aromatic heterocycles. The van der Waals surface area contributed by atoms with Crippen LogP contribution in [0.3, 0.4) is 0 Å². The van der Waals surface area contributed by atoms with E-state index in [-0.39, 0.29) is 6.61 Å². The molecule has 1 aromatic rings. The quantitative estimate of drug-likeness (QED) is 0.772. The van der Waals surface area contributed by atoms with E-state index in [1.54, 1.807) is 19.2 Å². The fraction of sp³-hybridized carbons (Fsp3) is 0.200. The molecule has 0 atom stereocenters. The van der Waals surface area contributed by atoms with Gasteiger partial charge in [-0.05, 0) is 17.7 Å². The zero-order valence-electron chi connectivity index (χ0n) is 7.77. The number of rotatable bonds is 5. The average Bonchev–Trinajstić information content (AvgIpc) is 2.18. The number of methoxy groups -OCH3 is 1. The topological polar surface area (TPSA) is 55.8 Å². The number of ether oxygens (including phenoxy) is 2. The molecule has 4 nitrogen and oxygen atoms in total. The van der Waals surface area contributed by atoms with Gasteiger partial charge in [-0.1, -0.05) is 12.1 Å². The van der Waals surface area contributed by atoms with Crippen LogP contribution >= 0.6 is 0 Å². The summed E-state index contributed by atoms with van der Waals surface area (Å²) in [7, 11) is 1.59. The van der Waals surface area contributed by atoms with Gasteiger partial charge in [0.15, 0.2) is 6.61 Å². The van der Waals surface area contributed by atoms with Gasteiger partial charge in [0.2, 0.25) is 0 Å². The number of carboxylic acids is 1. The van der Waals surface area contributed by atoms with E-state index < -0.39 is 5.97 Å². The highest BCUT2D eigenvalue weighted by Gasteiger charge is 1.99. The maximum Gasteiger partial charge on any atom is 0.336 e. The summed E-state index contributed by atoms with van der Waals surface area (Å²) in [6.45, 7) is 1.01. The van der Waals surface area contributed by atoms with Crippen LogP contribution in [0.2, 0.25) is 0 Å². The molecule has 1 aromatic carbocycles. The maximum atomic E-state index is 10.1. The van der Waals surface area contributed by atoms with Gasteiger partial charge in [0.05, 0.1) is 13.7 Å². The van der Waals surface area contributed by atoms with Gasteiger partial charge in [-0.2, -0.15) is 0 Å². The van der Waals surface area contributed by atoms with Gasteiger partial charge in [0.1, 0.15) is 5.75 Å². The Morgan fingerprint density at radius 1 is 1.43 bits per heavy atom. The molecule has 0 aliphatic carbocycles. The van der Waals surface area contributed by atoms with Crippen molar-refractivity contribution in [1.82, 2.24) is 0 Å². The molecule has 0 saturated heterocycles. The van der Waals surface area contributed by atoms with E-state index in [1.807, 2.05) is 12.1 Å². The van der Waals surface area contributed by atoms with Crippen LogP contribution < -0.4 is 4.74 Å². The van der Waals surface area contributed by atoms with Crippen molar-refractivity contribution in [1.29, 1.82) is 0 Å². The van der Waals surface area contributed by atoms with Crippen molar-refractivity contribution in [3.8, 4) is 5.75 Å². The fourth-order valence-electron chi connectivity index (χ4n) is 0.931. The highest BCUT2D eigenvalue weighted by atomic mass is 16.5. The summed E-state index contributed by atoms with van der Waals surface area (Å²) in [5, 5.41) is 8.27. The molecule has 0 fully saturated rings. The highest BCUT2D eigenvalue weighted by Crippen LogP contribution is 2.11. The molecule has 0 bridgehead atoms. The predicted molar refractivity (Wildman–Crippen MR) is 49.7 cm³/mol. The number of hydrogen-bond donors (Lipinski definition) is 1. The second kappa shape index (κ2) is 5.24. The van der Waals surface area contributed by atoms with Gasteiger partial charge < -0.3 is 14.6 Å². The van der Waals surface area contributed by atoms with Crippen LogP contribution in [0.4, 0.5) is 0 Å². The Hall–Kier alpha value is -1.55. The van der Waals surface area contributed by atoms with Gasteiger partial charge in [0.25, 0.3) is 0 Å². The fourth-order valence-corrected chi connectivity index (χ4v) is 0.931. The van der Waals surface area contributed by atoms with Crippen molar-refractivity contribution >= 4 is 5.97 Å². The van der Waals surface area contributed by atoms with Gasteiger partial charge in [-0.3, -0.25) is 0 Å². The van der Waals surface area contributed by atoms with Gasteiger partial charge in [0, 0.05) is 0 Å². The molecule has 1 rings (SSSR count). The van der Waals surface area contributed by atoms with Gasteiger partial charge in [-0.15, -0.1) is 0 Å². The van der Waals surface area contributed by atoms with Crippen LogP contribution in [-0.4, -0.2) is 18.2 Å². The lowest BCUT2D eigenvalue weighted by Gasteiger charge is -2.02. The lowest BCUT2D eigenvalue weighted by Crippen LogP contribution is -2.00. The van der Waals surface area contributed by atoms with E-state index in [4.69, 9.17) is 14.6 Å². The van der Waals surface area contributed by atoms with Crippen LogP contribution in [0.1, 0.15) is 5.56 Å². The summed E-state index contributed by atoms with van der Waals surface area (Å²) in [6, 6.07) is 7.21. The molecule has 14 heavy (non-hydrogen) atoms. The number of hydrogen-bond acceptors (Lipinski definition) is 3. The zero-order chi connectivity index (χ0) is 10.4. The molecular weight excluding hydrogens is 184 g/mol. The second-order valence-electron chi connectivity index (χ2n) is 2.62. The minimum Gasteiger partial charge on any atom is -0.497 e.